The predicted octanol–water partition coefficient (Wildman–Crippen LogP) is 1.31. The van der Waals surface area contributed by atoms with Gasteiger partial charge in [0, 0.05) is 26.2 Å². The van der Waals surface area contributed by atoms with E-state index in [4.69, 9.17) is 0 Å². The third kappa shape index (κ3) is 3.53. The highest BCUT2D eigenvalue weighted by Gasteiger charge is 2.35. The molecule has 1 atom stereocenters. The van der Waals surface area contributed by atoms with Gasteiger partial charge < -0.3 is 4.90 Å². The van der Waals surface area contributed by atoms with Gasteiger partial charge in [-0.2, -0.15) is 0 Å². The number of likely N-dealkylation sites (N-methyl/N-ethyl adjacent to an activating group) is 1. The molecule has 6 heteroatoms. The first-order valence-electron chi connectivity index (χ1n) is 9.01. The second kappa shape index (κ2) is 7.05. The maximum Gasteiger partial charge on any atom is 0.253 e. The van der Waals surface area contributed by atoms with Crippen LogP contribution < -0.4 is 5.56 Å². The number of hydrogen-bond acceptors (Lipinski definition) is 4. The zero-order valence-electron chi connectivity index (χ0n) is 14.9. The van der Waals surface area contributed by atoms with E-state index in [1.807, 2.05) is 25.8 Å². The van der Waals surface area contributed by atoms with Crippen molar-refractivity contribution in [3.8, 4) is 0 Å². The third-order valence-electron chi connectivity index (χ3n) is 5.44. The maximum atomic E-state index is 12.2. The van der Waals surface area contributed by atoms with Crippen molar-refractivity contribution in [2.45, 2.75) is 51.6 Å². The molecule has 24 heavy (non-hydrogen) atoms. The lowest BCUT2D eigenvalue weighted by Gasteiger charge is -2.35. The topological polar surface area (TPSA) is 58.4 Å². The molecular formula is C18H28N4O2. The molecule has 0 aromatic carbocycles. The van der Waals surface area contributed by atoms with Crippen LogP contribution in [-0.4, -0.2) is 58.0 Å². The molecule has 2 fully saturated rings. The average Bonchev–Trinajstić information content (AvgIpc) is 2.89. The summed E-state index contributed by atoms with van der Waals surface area (Å²) in [6.07, 6.45) is 4.71. The highest BCUT2D eigenvalue weighted by atomic mass is 16.2. The van der Waals surface area contributed by atoms with Crippen LogP contribution in [0.3, 0.4) is 0 Å². The number of hydrogen-bond donors (Lipinski definition) is 0. The van der Waals surface area contributed by atoms with Crippen LogP contribution >= 0.6 is 0 Å². The molecule has 1 aromatic rings. The van der Waals surface area contributed by atoms with Crippen LogP contribution in [0, 0.1) is 5.92 Å². The molecule has 0 N–H and O–H groups in total. The van der Waals surface area contributed by atoms with E-state index in [2.05, 4.69) is 9.88 Å². The van der Waals surface area contributed by atoms with E-state index in [-0.39, 0.29) is 23.4 Å². The molecule has 1 unspecified atom stereocenters. The summed E-state index contributed by atoms with van der Waals surface area (Å²) in [7, 11) is 1.88. The monoisotopic (exact) mass is 332 g/mol. The smallest absolute Gasteiger partial charge is 0.253 e. The van der Waals surface area contributed by atoms with E-state index in [1.54, 1.807) is 17.0 Å². The largest absolute Gasteiger partial charge is 0.344 e. The summed E-state index contributed by atoms with van der Waals surface area (Å²) in [4.78, 5) is 32.9. The van der Waals surface area contributed by atoms with Crippen LogP contribution in [0.5, 0.6) is 0 Å². The summed E-state index contributed by atoms with van der Waals surface area (Å²) >= 11 is 0. The van der Waals surface area contributed by atoms with Crippen LogP contribution in [0.25, 0.3) is 0 Å². The molecule has 0 radical (unpaired) electrons. The Morgan fingerprint density at radius 1 is 1.17 bits per heavy atom. The molecule has 0 bridgehead atoms. The van der Waals surface area contributed by atoms with Gasteiger partial charge in [-0.3, -0.25) is 19.1 Å². The van der Waals surface area contributed by atoms with Crippen LogP contribution in [0.1, 0.15) is 44.7 Å². The fourth-order valence-corrected chi connectivity index (χ4v) is 3.76. The van der Waals surface area contributed by atoms with E-state index in [1.165, 1.54) is 0 Å². The molecular weight excluding hydrogens is 304 g/mol. The number of aromatic nitrogens is 2. The van der Waals surface area contributed by atoms with Crippen molar-refractivity contribution in [2.24, 2.45) is 5.92 Å². The van der Waals surface area contributed by atoms with Crippen molar-refractivity contribution < 1.29 is 4.79 Å². The van der Waals surface area contributed by atoms with Gasteiger partial charge in [-0.1, -0.05) is 13.8 Å². The second-order valence-electron chi connectivity index (χ2n) is 7.50. The van der Waals surface area contributed by atoms with Gasteiger partial charge in [0.25, 0.3) is 5.56 Å². The maximum absolute atomic E-state index is 12.2. The van der Waals surface area contributed by atoms with Gasteiger partial charge in [-0.15, -0.1) is 0 Å². The van der Waals surface area contributed by atoms with E-state index >= 15 is 0 Å². The molecule has 2 saturated heterocycles. The van der Waals surface area contributed by atoms with Crippen molar-refractivity contribution in [3.05, 3.63) is 28.4 Å². The van der Waals surface area contributed by atoms with Gasteiger partial charge >= 0.3 is 0 Å². The van der Waals surface area contributed by atoms with Crippen molar-refractivity contribution >= 4 is 5.91 Å². The number of likely N-dealkylation sites (tertiary alicyclic amines) is 2. The van der Waals surface area contributed by atoms with Crippen LogP contribution in [0.4, 0.5) is 0 Å². The lowest BCUT2D eigenvalue weighted by Crippen LogP contribution is -2.46. The minimum Gasteiger partial charge on any atom is -0.344 e. The fraction of sp³-hybridized carbons (Fsp3) is 0.722. The van der Waals surface area contributed by atoms with E-state index in [9.17, 15) is 9.59 Å². The zero-order valence-corrected chi connectivity index (χ0v) is 14.9. The number of amides is 1. The summed E-state index contributed by atoms with van der Waals surface area (Å²) < 4.78 is 1.74. The van der Waals surface area contributed by atoms with E-state index in [0.29, 0.717) is 5.92 Å². The Labute approximate surface area is 143 Å². The predicted molar refractivity (Wildman–Crippen MR) is 92.9 cm³/mol. The Kier molecular flexibility index (Phi) is 5.04. The van der Waals surface area contributed by atoms with Crippen molar-refractivity contribution in [1.82, 2.24) is 19.4 Å². The molecule has 3 heterocycles. The zero-order chi connectivity index (χ0) is 17.3. The van der Waals surface area contributed by atoms with Crippen LogP contribution in [-0.2, 0) is 11.3 Å². The molecule has 0 spiro atoms. The molecule has 1 amide bonds. The first-order valence-corrected chi connectivity index (χ1v) is 9.01. The highest BCUT2D eigenvalue weighted by Crippen LogP contribution is 2.24. The minimum absolute atomic E-state index is 0.0451. The summed E-state index contributed by atoms with van der Waals surface area (Å²) in [6, 6.07) is 1.73. The van der Waals surface area contributed by atoms with Crippen molar-refractivity contribution in [3.63, 3.8) is 0 Å². The minimum atomic E-state index is 0.0451. The quantitative estimate of drug-likeness (QED) is 0.834. The molecule has 2 aliphatic heterocycles. The van der Waals surface area contributed by atoms with E-state index in [0.717, 1.165) is 51.1 Å². The molecule has 1 aromatic heterocycles. The first kappa shape index (κ1) is 17.1. The number of rotatable bonds is 4. The van der Waals surface area contributed by atoms with Gasteiger partial charge in [0.1, 0.15) is 0 Å². The number of carbonyl (C=O) groups excluding carboxylic acids is 1. The van der Waals surface area contributed by atoms with Gasteiger partial charge in [0.2, 0.25) is 5.91 Å². The van der Waals surface area contributed by atoms with Crippen molar-refractivity contribution in [2.75, 3.05) is 26.7 Å². The molecule has 132 valence electrons. The molecule has 6 nitrogen and oxygen atoms in total. The first-order chi connectivity index (χ1) is 11.5. The molecule has 0 saturated carbocycles. The van der Waals surface area contributed by atoms with E-state index < -0.39 is 0 Å². The van der Waals surface area contributed by atoms with Crippen molar-refractivity contribution in [1.29, 1.82) is 0 Å². The highest BCUT2D eigenvalue weighted by molar-refractivity contribution is 5.83. The van der Waals surface area contributed by atoms with Gasteiger partial charge in [0.15, 0.2) is 0 Å². The Morgan fingerprint density at radius 3 is 2.42 bits per heavy atom. The molecule has 0 aliphatic carbocycles. The molecule has 3 rings (SSSR count). The normalized spacial score (nSPS) is 23.4. The average molecular weight is 332 g/mol. The molecule has 2 aliphatic rings. The lowest BCUT2D eigenvalue weighted by molar-refractivity contribution is -0.131. The van der Waals surface area contributed by atoms with Crippen LogP contribution in [0.15, 0.2) is 17.2 Å². The summed E-state index contributed by atoms with van der Waals surface area (Å²) in [5.41, 5.74) is 0.902. The lowest BCUT2D eigenvalue weighted by atomic mass is 9.95. The Bertz CT molecular complexity index is 647. The number of nitrogens with zero attached hydrogens (tertiary/aromatic N) is 4. The van der Waals surface area contributed by atoms with Gasteiger partial charge in [0.05, 0.1) is 18.1 Å². The van der Waals surface area contributed by atoms with Crippen LogP contribution in [0.2, 0.25) is 0 Å². The Morgan fingerprint density at radius 2 is 1.88 bits per heavy atom. The second-order valence-corrected chi connectivity index (χ2v) is 7.50. The standard InChI is InChI=1S/C18H28N4O2/c1-13(2)15-10-17(23)22(12-19-15)11-14-4-8-21(9-5-14)16-6-7-20(3)18(16)24/h10,12-14,16H,4-9,11H2,1-3H3. The van der Waals surface area contributed by atoms with Gasteiger partial charge in [-0.05, 0) is 44.2 Å². The third-order valence-corrected chi connectivity index (χ3v) is 5.44. The number of piperidine rings is 1. The summed E-state index contributed by atoms with van der Waals surface area (Å²) in [5, 5.41) is 0. The Balaban J connectivity index is 1.56. The summed E-state index contributed by atoms with van der Waals surface area (Å²) in [5.74, 6) is 1.02. The summed E-state index contributed by atoms with van der Waals surface area (Å²) in [6.45, 7) is 7.58. The SMILES string of the molecule is CC(C)c1cc(=O)n(CC2CCN(C3CCN(C)C3=O)CC2)cn1. The Hall–Kier alpha value is -1.69. The number of carbonyl (C=O) groups is 1. The van der Waals surface area contributed by atoms with Gasteiger partial charge in [-0.25, -0.2) is 4.98 Å². The fourth-order valence-electron chi connectivity index (χ4n) is 3.76.